The van der Waals surface area contributed by atoms with Gasteiger partial charge in [0.15, 0.2) is 0 Å². The van der Waals surface area contributed by atoms with Gasteiger partial charge >= 0.3 is 0 Å². The van der Waals surface area contributed by atoms with Crippen molar-refractivity contribution in [3.8, 4) is 5.75 Å². The van der Waals surface area contributed by atoms with Gasteiger partial charge in [0.05, 0.1) is 17.8 Å². The lowest BCUT2D eigenvalue weighted by molar-refractivity contribution is -0.0762. The number of phenols is 1. The van der Waals surface area contributed by atoms with Crippen LogP contribution in [0.3, 0.4) is 0 Å². The number of carbonyl (C=O) groups excluding carboxylic acids is 1. The summed E-state index contributed by atoms with van der Waals surface area (Å²) in [4.78, 5) is 14.4. The lowest BCUT2D eigenvalue weighted by Gasteiger charge is -2.37. The molecule has 4 heteroatoms. The molecule has 1 aliphatic carbocycles. The summed E-state index contributed by atoms with van der Waals surface area (Å²) in [6, 6.07) is 5.15. The lowest BCUT2D eigenvalue weighted by atomic mass is 10.1. The Kier molecular flexibility index (Phi) is 3.42. The fraction of sp³-hybridized carbons (Fsp3) is 0.562. The molecule has 3 rings (SSSR count). The number of hydrogen-bond acceptors (Lipinski definition) is 3. The van der Waals surface area contributed by atoms with E-state index in [4.69, 9.17) is 4.74 Å². The molecule has 0 radical (unpaired) electrons. The Morgan fingerprint density at radius 2 is 2.10 bits per heavy atom. The first kappa shape index (κ1) is 13.4. The van der Waals surface area contributed by atoms with Crippen molar-refractivity contribution in [1.29, 1.82) is 0 Å². The number of phenolic OH excluding ortho intramolecular Hbond substituents is 1. The van der Waals surface area contributed by atoms with Crippen molar-refractivity contribution in [3.63, 3.8) is 0 Å². The van der Waals surface area contributed by atoms with Crippen molar-refractivity contribution in [2.24, 2.45) is 5.92 Å². The quantitative estimate of drug-likeness (QED) is 0.901. The van der Waals surface area contributed by atoms with E-state index < -0.39 is 0 Å². The highest BCUT2D eigenvalue weighted by Gasteiger charge is 2.39. The fourth-order valence-electron chi connectivity index (χ4n) is 2.87. The van der Waals surface area contributed by atoms with Gasteiger partial charge in [-0.05, 0) is 44.7 Å². The minimum atomic E-state index is -0.0907. The molecule has 1 saturated carbocycles. The van der Waals surface area contributed by atoms with Gasteiger partial charge < -0.3 is 14.7 Å². The number of carbonyl (C=O) groups is 1. The van der Waals surface area contributed by atoms with E-state index in [-0.39, 0.29) is 23.9 Å². The van der Waals surface area contributed by atoms with E-state index >= 15 is 0 Å². The lowest BCUT2D eigenvalue weighted by Crippen LogP contribution is -2.49. The first-order chi connectivity index (χ1) is 9.54. The maximum absolute atomic E-state index is 12.6. The highest BCUT2D eigenvalue weighted by molar-refractivity contribution is 5.97. The Bertz CT molecular complexity index is 524. The predicted octanol–water partition coefficient (Wildman–Crippen LogP) is 2.34. The number of aromatic hydroxyl groups is 1. The van der Waals surface area contributed by atoms with E-state index in [2.05, 4.69) is 0 Å². The molecule has 1 aromatic carbocycles. The van der Waals surface area contributed by atoms with Crippen molar-refractivity contribution in [2.75, 3.05) is 13.1 Å². The third kappa shape index (κ3) is 2.66. The maximum Gasteiger partial charge on any atom is 0.257 e. The standard InChI is InChI=1S/C16H21NO3/c1-10-3-6-14(18)13(7-10)16(19)17-8-11(2)20-15(9-17)12-4-5-12/h3,6-7,11-12,15,18H,4-5,8-9H2,1-2H3. The Morgan fingerprint density at radius 3 is 2.80 bits per heavy atom. The van der Waals surface area contributed by atoms with Crippen LogP contribution in [0, 0.1) is 12.8 Å². The maximum atomic E-state index is 12.6. The van der Waals surface area contributed by atoms with Gasteiger partial charge in [0.2, 0.25) is 0 Å². The van der Waals surface area contributed by atoms with Crippen molar-refractivity contribution in [2.45, 2.75) is 38.9 Å². The van der Waals surface area contributed by atoms with Crippen molar-refractivity contribution in [3.05, 3.63) is 29.3 Å². The zero-order valence-electron chi connectivity index (χ0n) is 12.0. The van der Waals surface area contributed by atoms with Crippen LogP contribution in [0.15, 0.2) is 18.2 Å². The first-order valence-electron chi connectivity index (χ1n) is 7.29. The number of rotatable bonds is 2. The second kappa shape index (κ2) is 5.09. The zero-order valence-corrected chi connectivity index (χ0v) is 12.0. The monoisotopic (exact) mass is 275 g/mol. The summed E-state index contributed by atoms with van der Waals surface area (Å²) in [5.74, 6) is 0.578. The largest absolute Gasteiger partial charge is 0.507 e. The van der Waals surface area contributed by atoms with Crippen LogP contribution in [-0.2, 0) is 4.74 Å². The number of benzene rings is 1. The Morgan fingerprint density at radius 1 is 1.35 bits per heavy atom. The normalized spacial score (nSPS) is 26.6. The van der Waals surface area contributed by atoms with E-state index in [9.17, 15) is 9.90 Å². The van der Waals surface area contributed by atoms with Crippen molar-refractivity contribution < 1.29 is 14.6 Å². The minimum absolute atomic E-state index is 0.0581. The average Bonchev–Trinajstić information content (AvgIpc) is 3.24. The summed E-state index contributed by atoms with van der Waals surface area (Å²) in [5.41, 5.74) is 1.37. The molecule has 1 saturated heterocycles. The molecule has 2 unspecified atom stereocenters. The summed E-state index contributed by atoms with van der Waals surface area (Å²) in [6.07, 6.45) is 2.63. The summed E-state index contributed by atoms with van der Waals surface area (Å²) >= 11 is 0. The number of aryl methyl sites for hydroxylation is 1. The molecule has 0 aromatic heterocycles. The topological polar surface area (TPSA) is 49.8 Å². The van der Waals surface area contributed by atoms with E-state index in [1.807, 2.05) is 18.7 Å². The van der Waals surface area contributed by atoms with Crippen LogP contribution in [0.1, 0.15) is 35.7 Å². The predicted molar refractivity (Wildman–Crippen MR) is 75.8 cm³/mol. The number of hydrogen-bond donors (Lipinski definition) is 1. The van der Waals surface area contributed by atoms with Crippen LogP contribution in [0.5, 0.6) is 5.75 Å². The Hall–Kier alpha value is -1.55. The highest BCUT2D eigenvalue weighted by atomic mass is 16.5. The molecule has 4 nitrogen and oxygen atoms in total. The molecule has 2 aliphatic rings. The molecule has 0 spiro atoms. The van der Waals surface area contributed by atoms with Gasteiger partial charge in [-0.15, -0.1) is 0 Å². The van der Waals surface area contributed by atoms with Crippen LogP contribution in [-0.4, -0.2) is 41.2 Å². The van der Waals surface area contributed by atoms with Crippen LogP contribution in [0.25, 0.3) is 0 Å². The van der Waals surface area contributed by atoms with Gasteiger partial charge in [0, 0.05) is 13.1 Å². The van der Waals surface area contributed by atoms with Crippen LogP contribution < -0.4 is 0 Å². The number of amides is 1. The first-order valence-corrected chi connectivity index (χ1v) is 7.29. The van der Waals surface area contributed by atoms with Gasteiger partial charge in [0.1, 0.15) is 5.75 Å². The molecule has 2 atom stereocenters. The van der Waals surface area contributed by atoms with Gasteiger partial charge in [-0.1, -0.05) is 11.6 Å². The minimum Gasteiger partial charge on any atom is -0.507 e. The molecule has 1 amide bonds. The second-order valence-corrected chi connectivity index (χ2v) is 6.05. The van der Waals surface area contributed by atoms with Crippen LogP contribution in [0.2, 0.25) is 0 Å². The molecule has 2 fully saturated rings. The molecule has 1 aromatic rings. The molecule has 1 N–H and O–H groups in total. The van der Waals surface area contributed by atoms with E-state index in [0.717, 1.165) is 5.56 Å². The van der Waals surface area contributed by atoms with Gasteiger partial charge in [-0.25, -0.2) is 0 Å². The van der Waals surface area contributed by atoms with Crippen LogP contribution in [0.4, 0.5) is 0 Å². The van der Waals surface area contributed by atoms with E-state index in [0.29, 0.717) is 24.6 Å². The third-order valence-corrected chi connectivity index (χ3v) is 4.10. The summed E-state index contributed by atoms with van der Waals surface area (Å²) in [7, 11) is 0. The molecular weight excluding hydrogens is 254 g/mol. The van der Waals surface area contributed by atoms with E-state index in [1.165, 1.54) is 12.8 Å². The molecule has 20 heavy (non-hydrogen) atoms. The summed E-state index contributed by atoms with van der Waals surface area (Å²) in [5, 5.41) is 9.91. The molecular formula is C16H21NO3. The Balaban J connectivity index is 1.80. The smallest absolute Gasteiger partial charge is 0.257 e. The summed E-state index contributed by atoms with van der Waals surface area (Å²) < 4.78 is 5.92. The zero-order chi connectivity index (χ0) is 14.3. The number of nitrogens with zero attached hydrogens (tertiary/aromatic N) is 1. The van der Waals surface area contributed by atoms with E-state index in [1.54, 1.807) is 18.2 Å². The van der Waals surface area contributed by atoms with Gasteiger partial charge in [-0.3, -0.25) is 4.79 Å². The van der Waals surface area contributed by atoms with Gasteiger partial charge in [-0.2, -0.15) is 0 Å². The molecule has 1 aliphatic heterocycles. The number of ether oxygens (including phenoxy) is 1. The molecule has 0 bridgehead atoms. The third-order valence-electron chi connectivity index (χ3n) is 4.10. The van der Waals surface area contributed by atoms with Crippen LogP contribution >= 0.6 is 0 Å². The molecule has 1 heterocycles. The average molecular weight is 275 g/mol. The van der Waals surface area contributed by atoms with Crippen molar-refractivity contribution >= 4 is 5.91 Å². The van der Waals surface area contributed by atoms with Gasteiger partial charge in [0.25, 0.3) is 5.91 Å². The fourth-order valence-corrected chi connectivity index (χ4v) is 2.87. The van der Waals surface area contributed by atoms with Crippen molar-refractivity contribution in [1.82, 2.24) is 4.90 Å². The second-order valence-electron chi connectivity index (χ2n) is 6.05. The number of morpholine rings is 1. The highest BCUT2D eigenvalue weighted by Crippen LogP contribution is 2.37. The SMILES string of the molecule is Cc1ccc(O)c(C(=O)N2CC(C)OC(C3CC3)C2)c1. The summed E-state index contributed by atoms with van der Waals surface area (Å²) in [6.45, 7) is 5.16. The Labute approximate surface area is 119 Å². The molecule has 108 valence electrons.